The fourth-order valence-electron chi connectivity index (χ4n) is 3.29. The molecule has 0 spiro atoms. The molecular formula is C24H32N6O5. The molecule has 11 nitrogen and oxygen atoms in total. The van der Waals surface area contributed by atoms with Gasteiger partial charge in [-0.05, 0) is 30.5 Å². The quantitative estimate of drug-likeness (QED) is 0.436. The summed E-state index contributed by atoms with van der Waals surface area (Å²) in [5.74, 6) is -1.06. The number of ether oxygens (including phenoxy) is 1. The molecule has 1 atom stereocenters. The van der Waals surface area contributed by atoms with Crippen LogP contribution in [-0.2, 0) is 14.4 Å². The highest BCUT2D eigenvalue weighted by atomic mass is 16.5. The number of nitrogens with zero attached hydrogens (tertiary/aromatic N) is 2. The van der Waals surface area contributed by atoms with Gasteiger partial charge in [0.1, 0.15) is 17.9 Å². The summed E-state index contributed by atoms with van der Waals surface area (Å²) in [6, 6.07) is 8.68. The number of benzene rings is 1. The van der Waals surface area contributed by atoms with E-state index in [0.29, 0.717) is 24.2 Å². The SMILES string of the molecule is CC(C)C.COc1cccc2[nH]c(C(=O)NCC(=O)NN(C[C@@H]3CCNC3=O)C(=O)CC#N)cc12. The van der Waals surface area contributed by atoms with Crippen LogP contribution in [0.15, 0.2) is 24.3 Å². The largest absolute Gasteiger partial charge is 0.496 e. The molecule has 35 heavy (non-hydrogen) atoms. The average molecular weight is 485 g/mol. The molecule has 188 valence electrons. The normalized spacial score (nSPS) is 14.4. The Hall–Kier alpha value is -4.07. The summed E-state index contributed by atoms with van der Waals surface area (Å²) in [7, 11) is 1.53. The second kappa shape index (κ2) is 13.0. The second-order valence-electron chi connectivity index (χ2n) is 8.67. The fraction of sp³-hybridized carbons (Fsp3) is 0.458. The summed E-state index contributed by atoms with van der Waals surface area (Å²) in [4.78, 5) is 51.6. The van der Waals surface area contributed by atoms with Crippen molar-refractivity contribution in [2.75, 3.05) is 26.7 Å². The Morgan fingerprint density at radius 2 is 2.00 bits per heavy atom. The number of amides is 4. The van der Waals surface area contributed by atoms with Gasteiger partial charge in [-0.1, -0.05) is 26.8 Å². The van der Waals surface area contributed by atoms with E-state index in [1.165, 1.54) is 7.11 Å². The molecule has 4 N–H and O–H groups in total. The molecule has 1 fully saturated rings. The number of carbonyl (C=O) groups is 4. The van der Waals surface area contributed by atoms with Crippen LogP contribution in [0.5, 0.6) is 5.75 Å². The molecule has 2 aromatic rings. The first-order chi connectivity index (χ1) is 16.7. The van der Waals surface area contributed by atoms with Crippen LogP contribution >= 0.6 is 0 Å². The lowest BCUT2D eigenvalue weighted by atomic mass is 10.1. The monoisotopic (exact) mass is 484 g/mol. The van der Waals surface area contributed by atoms with Gasteiger partial charge in [0.2, 0.25) is 5.91 Å². The Bertz CT molecular complexity index is 1100. The van der Waals surface area contributed by atoms with E-state index in [4.69, 9.17) is 10.00 Å². The zero-order chi connectivity index (χ0) is 26.0. The molecule has 1 aliphatic heterocycles. The van der Waals surface area contributed by atoms with E-state index >= 15 is 0 Å². The third kappa shape index (κ3) is 8.03. The third-order valence-corrected chi connectivity index (χ3v) is 4.85. The lowest BCUT2D eigenvalue weighted by Crippen LogP contribution is -2.51. The number of rotatable bonds is 7. The highest BCUT2D eigenvalue weighted by Gasteiger charge is 2.29. The number of carbonyl (C=O) groups excluding carboxylic acids is 4. The van der Waals surface area contributed by atoms with Gasteiger partial charge in [0.05, 0.1) is 32.2 Å². The van der Waals surface area contributed by atoms with Crippen LogP contribution in [-0.4, -0.2) is 60.4 Å². The molecule has 0 unspecified atom stereocenters. The van der Waals surface area contributed by atoms with Crippen molar-refractivity contribution in [1.29, 1.82) is 5.26 Å². The molecule has 2 heterocycles. The standard InChI is InChI=1S/C20H22N6O5.C4H10/c1-31-16-4-2-3-14-13(16)9-15(24-14)20(30)23-10-17(27)25-26(18(28)5-7-21)11-12-6-8-22-19(12)29;1-4(2)3/h2-4,9,12,24H,5-6,8,10-11H2,1H3,(H,22,29)(H,23,30)(H,25,27);4H,1-3H3/t12-;/m0./s1. The minimum atomic E-state index is -0.660. The first kappa shape index (κ1) is 27.2. The number of hydrazine groups is 1. The lowest BCUT2D eigenvalue weighted by Gasteiger charge is -2.24. The van der Waals surface area contributed by atoms with Gasteiger partial charge in [-0.25, -0.2) is 0 Å². The summed E-state index contributed by atoms with van der Waals surface area (Å²) in [5, 5.41) is 15.6. The second-order valence-corrected chi connectivity index (χ2v) is 8.67. The van der Waals surface area contributed by atoms with Crippen LogP contribution < -0.4 is 20.8 Å². The Labute approximate surface area is 204 Å². The van der Waals surface area contributed by atoms with Gasteiger partial charge < -0.3 is 20.4 Å². The Morgan fingerprint density at radius 3 is 2.60 bits per heavy atom. The van der Waals surface area contributed by atoms with Crippen molar-refractivity contribution in [3.8, 4) is 11.8 Å². The molecule has 1 saturated heterocycles. The number of aromatic nitrogens is 1. The molecule has 3 rings (SSSR count). The molecular weight excluding hydrogens is 452 g/mol. The number of aromatic amines is 1. The molecule has 0 saturated carbocycles. The van der Waals surface area contributed by atoms with Crippen molar-refractivity contribution in [2.45, 2.75) is 33.6 Å². The Kier molecular flexibility index (Phi) is 10.1. The third-order valence-electron chi connectivity index (χ3n) is 4.85. The lowest BCUT2D eigenvalue weighted by molar-refractivity contribution is -0.142. The van der Waals surface area contributed by atoms with Crippen LogP contribution in [0.3, 0.4) is 0 Å². The maximum atomic E-state index is 12.4. The van der Waals surface area contributed by atoms with Crippen molar-refractivity contribution in [3.05, 3.63) is 30.0 Å². The van der Waals surface area contributed by atoms with Gasteiger partial charge in [-0.3, -0.25) is 29.6 Å². The topological polar surface area (TPSA) is 156 Å². The molecule has 0 bridgehead atoms. The Balaban J connectivity index is 0.00000100. The summed E-state index contributed by atoms with van der Waals surface area (Å²) in [5.41, 5.74) is 3.32. The van der Waals surface area contributed by atoms with Gasteiger partial charge in [-0.2, -0.15) is 5.26 Å². The highest BCUT2D eigenvalue weighted by molar-refractivity contribution is 6.01. The number of nitrogens with one attached hydrogen (secondary N) is 4. The first-order valence-corrected chi connectivity index (χ1v) is 11.3. The molecule has 0 radical (unpaired) electrons. The maximum absolute atomic E-state index is 12.4. The van der Waals surface area contributed by atoms with E-state index in [1.54, 1.807) is 30.3 Å². The van der Waals surface area contributed by atoms with E-state index in [-0.39, 0.29) is 18.1 Å². The van der Waals surface area contributed by atoms with Crippen molar-refractivity contribution in [2.24, 2.45) is 11.8 Å². The molecule has 4 amide bonds. The van der Waals surface area contributed by atoms with Crippen LogP contribution in [0.2, 0.25) is 0 Å². The summed E-state index contributed by atoms with van der Waals surface area (Å²) in [6.45, 7) is 6.54. The van der Waals surface area contributed by atoms with Crippen LogP contribution in [0.4, 0.5) is 0 Å². The smallest absolute Gasteiger partial charge is 0.268 e. The maximum Gasteiger partial charge on any atom is 0.268 e. The number of hydrogen-bond donors (Lipinski definition) is 4. The molecule has 1 aliphatic rings. The number of nitriles is 1. The van der Waals surface area contributed by atoms with E-state index in [0.717, 1.165) is 16.3 Å². The van der Waals surface area contributed by atoms with Gasteiger partial charge >= 0.3 is 0 Å². The number of fused-ring (bicyclic) bond motifs is 1. The molecule has 1 aromatic carbocycles. The van der Waals surface area contributed by atoms with E-state index in [1.807, 2.05) is 0 Å². The van der Waals surface area contributed by atoms with E-state index in [9.17, 15) is 19.2 Å². The summed E-state index contributed by atoms with van der Waals surface area (Å²) < 4.78 is 5.26. The molecule has 0 aliphatic carbocycles. The predicted molar refractivity (Wildman–Crippen MR) is 129 cm³/mol. The fourth-order valence-corrected chi connectivity index (χ4v) is 3.29. The number of H-pyrrole nitrogens is 1. The Morgan fingerprint density at radius 1 is 1.29 bits per heavy atom. The van der Waals surface area contributed by atoms with Crippen LogP contribution in [0.1, 0.15) is 44.1 Å². The van der Waals surface area contributed by atoms with Crippen molar-refractivity contribution in [1.82, 2.24) is 26.1 Å². The first-order valence-electron chi connectivity index (χ1n) is 11.3. The predicted octanol–water partition coefficient (Wildman–Crippen LogP) is 1.48. The van der Waals surface area contributed by atoms with Crippen LogP contribution in [0, 0.1) is 23.2 Å². The van der Waals surface area contributed by atoms with Gasteiger partial charge in [0.15, 0.2) is 0 Å². The number of hydrogen-bond acceptors (Lipinski definition) is 6. The highest BCUT2D eigenvalue weighted by Crippen LogP contribution is 2.25. The van der Waals surface area contributed by atoms with Gasteiger partial charge in [-0.15, -0.1) is 0 Å². The molecule has 11 heteroatoms. The van der Waals surface area contributed by atoms with E-state index in [2.05, 4.69) is 41.8 Å². The van der Waals surface area contributed by atoms with Crippen molar-refractivity contribution in [3.63, 3.8) is 0 Å². The zero-order valence-corrected chi connectivity index (χ0v) is 20.4. The number of methoxy groups -OCH3 is 1. The minimum absolute atomic E-state index is 0.0478. The zero-order valence-electron chi connectivity index (χ0n) is 20.4. The van der Waals surface area contributed by atoms with Crippen LogP contribution in [0.25, 0.3) is 10.9 Å². The van der Waals surface area contributed by atoms with Crippen molar-refractivity contribution < 1.29 is 23.9 Å². The van der Waals surface area contributed by atoms with Gasteiger partial charge in [0.25, 0.3) is 17.7 Å². The average Bonchev–Trinajstić information content (AvgIpc) is 3.42. The summed E-state index contributed by atoms with van der Waals surface area (Å²) in [6.07, 6.45) is 0.0729. The minimum Gasteiger partial charge on any atom is -0.496 e. The van der Waals surface area contributed by atoms with Gasteiger partial charge in [0, 0.05) is 17.4 Å². The van der Waals surface area contributed by atoms with Crippen molar-refractivity contribution >= 4 is 34.5 Å². The van der Waals surface area contributed by atoms with E-state index < -0.39 is 36.6 Å². The summed E-state index contributed by atoms with van der Waals surface area (Å²) >= 11 is 0. The molecule has 1 aromatic heterocycles.